The maximum Gasteiger partial charge on any atom is 0.120 e. The van der Waals surface area contributed by atoms with Crippen LogP contribution in [0.5, 0.6) is 5.75 Å². The van der Waals surface area contributed by atoms with E-state index >= 15 is 0 Å². The Balaban J connectivity index is 1.50. The lowest BCUT2D eigenvalue weighted by Crippen LogP contribution is -2.24. The summed E-state index contributed by atoms with van der Waals surface area (Å²) in [5.74, 6) is 1.60. The molecule has 1 fully saturated rings. The second-order valence-electron chi connectivity index (χ2n) is 6.16. The highest BCUT2D eigenvalue weighted by molar-refractivity contribution is 6.35. The highest BCUT2D eigenvalue weighted by atomic mass is 35.5. The van der Waals surface area contributed by atoms with E-state index in [2.05, 4.69) is 22.8 Å². The average molecular weight is 365 g/mol. The molecule has 0 spiro atoms. The zero-order valence-corrected chi connectivity index (χ0v) is 15.0. The van der Waals surface area contributed by atoms with Crippen LogP contribution in [0.2, 0.25) is 10.0 Å². The van der Waals surface area contributed by atoms with Crippen LogP contribution in [0, 0.1) is 5.92 Å². The predicted molar refractivity (Wildman–Crippen MR) is 99.9 cm³/mol. The van der Waals surface area contributed by atoms with Gasteiger partial charge in [-0.3, -0.25) is 0 Å². The zero-order valence-electron chi connectivity index (χ0n) is 13.5. The van der Waals surface area contributed by atoms with Gasteiger partial charge in [0.05, 0.1) is 0 Å². The third kappa shape index (κ3) is 5.12. The van der Waals surface area contributed by atoms with Gasteiger partial charge in [0.15, 0.2) is 0 Å². The Morgan fingerprint density at radius 2 is 2.08 bits per heavy atom. The van der Waals surface area contributed by atoms with Crippen molar-refractivity contribution in [3.8, 4) is 5.75 Å². The Hall–Kier alpha value is -1.26. The van der Waals surface area contributed by atoms with Gasteiger partial charge in [0.25, 0.3) is 0 Å². The quantitative estimate of drug-likeness (QED) is 0.769. The number of rotatable bonds is 7. The van der Waals surface area contributed by atoms with Crippen LogP contribution in [0.25, 0.3) is 0 Å². The molecule has 3 rings (SSSR count). The van der Waals surface area contributed by atoms with Gasteiger partial charge in [-0.05, 0) is 61.8 Å². The van der Waals surface area contributed by atoms with Gasteiger partial charge in [-0.1, -0.05) is 41.4 Å². The summed E-state index contributed by atoms with van der Waals surface area (Å²) in [5, 5.41) is 8.18. The number of hydrogen-bond donors (Lipinski definition) is 2. The topological polar surface area (TPSA) is 33.3 Å². The molecule has 128 valence electrons. The van der Waals surface area contributed by atoms with Crippen LogP contribution in [-0.2, 0) is 13.2 Å². The summed E-state index contributed by atoms with van der Waals surface area (Å²) in [7, 11) is 0. The summed E-state index contributed by atoms with van der Waals surface area (Å²) in [6.07, 6.45) is 1.26. The SMILES string of the molecule is Clc1ccc(COc2cccc(CNCC3CCNC3)c2)c(Cl)c1. The van der Waals surface area contributed by atoms with Crippen molar-refractivity contribution in [1.82, 2.24) is 10.6 Å². The second-order valence-corrected chi connectivity index (χ2v) is 7.01. The molecule has 0 radical (unpaired) electrons. The normalized spacial score (nSPS) is 17.2. The molecule has 3 nitrogen and oxygen atoms in total. The molecule has 2 aromatic carbocycles. The lowest BCUT2D eigenvalue weighted by molar-refractivity contribution is 0.306. The molecule has 0 amide bonds. The van der Waals surface area contributed by atoms with Crippen molar-refractivity contribution in [1.29, 1.82) is 0 Å². The molecular formula is C19H22Cl2N2O. The minimum Gasteiger partial charge on any atom is -0.489 e. The summed E-state index contributed by atoms with van der Waals surface area (Å²) in [6, 6.07) is 13.6. The lowest BCUT2D eigenvalue weighted by atomic mass is 10.1. The monoisotopic (exact) mass is 364 g/mol. The predicted octanol–water partition coefficient (Wildman–Crippen LogP) is 4.27. The molecule has 1 saturated heterocycles. The maximum atomic E-state index is 6.18. The van der Waals surface area contributed by atoms with E-state index in [1.54, 1.807) is 6.07 Å². The zero-order chi connectivity index (χ0) is 16.8. The standard InChI is InChI=1S/C19H22Cl2N2O/c20-17-5-4-16(19(21)9-17)13-24-18-3-1-2-14(8-18)10-23-12-15-6-7-22-11-15/h1-5,8-9,15,22-23H,6-7,10-13H2. The van der Waals surface area contributed by atoms with Crippen LogP contribution < -0.4 is 15.4 Å². The Morgan fingerprint density at radius 3 is 2.88 bits per heavy atom. The van der Waals surface area contributed by atoms with Crippen LogP contribution in [0.4, 0.5) is 0 Å². The second kappa shape index (κ2) is 8.72. The molecule has 1 heterocycles. The summed E-state index contributed by atoms with van der Waals surface area (Å²) in [4.78, 5) is 0. The molecule has 2 N–H and O–H groups in total. The Morgan fingerprint density at radius 1 is 1.17 bits per heavy atom. The van der Waals surface area contributed by atoms with E-state index in [9.17, 15) is 0 Å². The smallest absolute Gasteiger partial charge is 0.120 e. The van der Waals surface area contributed by atoms with Crippen molar-refractivity contribution in [2.75, 3.05) is 19.6 Å². The van der Waals surface area contributed by atoms with Crippen molar-refractivity contribution in [2.24, 2.45) is 5.92 Å². The van der Waals surface area contributed by atoms with E-state index < -0.39 is 0 Å². The van der Waals surface area contributed by atoms with Crippen LogP contribution in [0.15, 0.2) is 42.5 Å². The molecule has 0 aliphatic carbocycles. The largest absolute Gasteiger partial charge is 0.489 e. The van der Waals surface area contributed by atoms with E-state index in [-0.39, 0.29) is 0 Å². The highest BCUT2D eigenvalue weighted by Gasteiger charge is 2.13. The summed E-state index contributed by atoms with van der Waals surface area (Å²) in [5.41, 5.74) is 2.15. The lowest BCUT2D eigenvalue weighted by Gasteiger charge is -2.12. The Bertz CT molecular complexity index is 672. The van der Waals surface area contributed by atoms with Crippen molar-refractivity contribution < 1.29 is 4.74 Å². The highest BCUT2D eigenvalue weighted by Crippen LogP contribution is 2.23. The molecule has 0 saturated carbocycles. The van der Waals surface area contributed by atoms with E-state index in [4.69, 9.17) is 27.9 Å². The minimum absolute atomic E-state index is 0.431. The first-order valence-corrected chi connectivity index (χ1v) is 9.03. The summed E-state index contributed by atoms with van der Waals surface area (Å²) >= 11 is 12.1. The van der Waals surface area contributed by atoms with Gasteiger partial charge < -0.3 is 15.4 Å². The molecule has 24 heavy (non-hydrogen) atoms. The van der Waals surface area contributed by atoms with Crippen molar-refractivity contribution in [2.45, 2.75) is 19.6 Å². The first-order valence-electron chi connectivity index (χ1n) is 8.28. The molecule has 2 aromatic rings. The number of ether oxygens (including phenoxy) is 1. The van der Waals surface area contributed by atoms with Crippen LogP contribution in [-0.4, -0.2) is 19.6 Å². The molecule has 1 aliphatic rings. The van der Waals surface area contributed by atoms with Gasteiger partial charge in [0, 0.05) is 22.2 Å². The molecule has 1 atom stereocenters. The molecular weight excluding hydrogens is 343 g/mol. The van der Waals surface area contributed by atoms with Gasteiger partial charge in [0.2, 0.25) is 0 Å². The van der Waals surface area contributed by atoms with Gasteiger partial charge >= 0.3 is 0 Å². The first-order chi connectivity index (χ1) is 11.7. The first kappa shape index (κ1) is 17.6. The molecule has 0 aromatic heterocycles. The summed E-state index contributed by atoms with van der Waals surface area (Å²) in [6.45, 7) is 4.61. The third-order valence-corrected chi connectivity index (χ3v) is 4.82. The fourth-order valence-electron chi connectivity index (χ4n) is 2.85. The number of nitrogens with one attached hydrogen (secondary N) is 2. The van der Waals surface area contributed by atoms with Crippen LogP contribution in [0.3, 0.4) is 0 Å². The van der Waals surface area contributed by atoms with Gasteiger partial charge in [-0.15, -0.1) is 0 Å². The van der Waals surface area contributed by atoms with Gasteiger partial charge in [0.1, 0.15) is 12.4 Å². The van der Waals surface area contributed by atoms with E-state index in [0.717, 1.165) is 43.4 Å². The number of halogens is 2. The van der Waals surface area contributed by atoms with Gasteiger partial charge in [-0.2, -0.15) is 0 Å². The number of benzene rings is 2. The van der Waals surface area contributed by atoms with E-state index in [1.165, 1.54) is 12.0 Å². The minimum atomic E-state index is 0.431. The van der Waals surface area contributed by atoms with Crippen molar-refractivity contribution in [3.05, 3.63) is 63.6 Å². The fraction of sp³-hybridized carbons (Fsp3) is 0.368. The Kier molecular flexibility index (Phi) is 6.38. The van der Waals surface area contributed by atoms with Gasteiger partial charge in [-0.25, -0.2) is 0 Å². The van der Waals surface area contributed by atoms with Crippen LogP contribution >= 0.6 is 23.2 Å². The Labute approximate surface area is 153 Å². The van der Waals surface area contributed by atoms with Crippen molar-refractivity contribution >= 4 is 23.2 Å². The fourth-order valence-corrected chi connectivity index (χ4v) is 3.32. The molecule has 0 bridgehead atoms. The average Bonchev–Trinajstić information content (AvgIpc) is 3.08. The molecule has 1 unspecified atom stereocenters. The van der Waals surface area contributed by atoms with E-state index in [1.807, 2.05) is 24.3 Å². The summed E-state index contributed by atoms with van der Waals surface area (Å²) < 4.78 is 5.87. The number of hydrogen-bond acceptors (Lipinski definition) is 3. The maximum absolute atomic E-state index is 6.18. The van der Waals surface area contributed by atoms with Crippen molar-refractivity contribution in [3.63, 3.8) is 0 Å². The van der Waals surface area contributed by atoms with E-state index in [0.29, 0.717) is 16.7 Å². The molecule has 5 heteroatoms. The van der Waals surface area contributed by atoms with Crippen LogP contribution in [0.1, 0.15) is 17.5 Å². The molecule has 1 aliphatic heterocycles. The third-order valence-electron chi connectivity index (χ3n) is 4.23.